The first-order valence-electron chi connectivity index (χ1n) is 5.47. The van der Waals surface area contributed by atoms with Gasteiger partial charge in [0, 0.05) is 6.42 Å². The minimum absolute atomic E-state index is 0.142. The zero-order chi connectivity index (χ0) is 13.7. The Balaban J connectivity index is 2.01. The molecule has 0 aliphatic heterocycles. The third kappa shape index (κ3) is 3.18. The van der Waals surface area contributed by atoms with E-state index < -0.39 is 5.97 Å². The summed E-state index contributed by atoms with van der Waals surface area (Å²) in [6.45, 7) is 0.347. The molecule has 0 fully saturated rings. The molecule has 19 heavy (non-hydrogen) atoms. The van der Waals surface area contributed by atoms with E-state index in [9.17, 15) is 4.79 Å². The van der Waals surface area contributed by atoms with Crippen molar-refractivity contribution in [2.75, 3.05) is 13.7 Å². The van der Waals surface area contributed by atoms with E-state index in [0.29, 0.717) is 30.4 Å². The number of hydrogen-bond donors (Lipinski definition) is 2. The van der Waals surface area contributed by atoms with Gasteiger partial charge in [-0.3, -0.25) is 0 Å². The lowest BCUT2D eigenvalue weighted by atomic mass is 10.2. The molecule has 2 aromatic rings. The molecule has 1 aromatic carbocycles. The van der Waals surface area contributed by atoms with Crippen LogP contribution in [-0.2, 0) is 6.42 Å². The molecule has 0 radical (unpaired) electrons. The Morgan fingerprint density at radius 1 is 1.42 bits per heavy atom. The second kappa shape index (κ2) is 5.80. The summed E-state index contributed by atoms with van der Waals surface area (Å²) in [6.07, 6.45) is 0.511. The highest BCUT2D eigenvalue weighted by molar-refractivity contribution is 5.88. The van der Waals surface area contributed by atoms with E-state index in [2.05, 4.69) is 20.6 Å². The summed E-state index contributed by atoms with van der Waals surface area (Å²) in [6, 6.07) is 4.42. The van der Waals surface area contributed by atoms with Gasteiger partial charge in [0.1, 0.15) is 0 Å². The van der Waals surface area contributed by atoms with Crippen LogP contribution in [0.2, 0.25) is 0 Å². The second-order valence-corrected chi connectivity index (χ2v) is 3.62. The molecule has 8 nitrogen and oxygen atoms in total. The van der Waals surface area contributed by atoms with Crippen molar-refractivity contribution in [1.29, 1.82) is 0 Å². The fourth-order valence-corrected chi connectivity index (χ4v) is 1.46. The van der Waals surface area contributed by atoms with Crippen molar-refractivity contribution >= 4 is 5.97 Å². The van der Waals surface area contributed by atoms with Crippen LogP contribution in [0.25, 0.3) is 0 Å². The lowest BCUT2D eigenvalue weighted by Gasteiger charge is -2.10. The monoisotopic (exact) mass is 264 g/mol. The van der Waals surface area contributed by atoms with Gasteiger partial charge in [-0.05, 0) is 28.6 Å². The molecule has 2 rings (SSSR count). The Morgan fingerprint density at radius 3 is 2.89 bits per heavy atom. The van der Waals surface area contributed by atoms with Crippen LogP contribution < -0.4 is 9.47 Å². The van der Waals surface area contributed by atoms with Gasteiger partial charge in [0.05, 0.1) is 19.3 Å². The van der Waals surface area contributed by atoms with Crippen LogP contribution >= 0.6 is 0 Å². The Labute approximate surface area is 108 Å². The summed E-state index contributed by atoms with van der Waals surface area (Å²) in [7, 11) is 1.45. The van der Waals surface area contributed by atoms with Gasteiger partial charge < -0.3 is 14.6 Å². The number of benzene rings is 1. The fraction of sp³-hybridized carbons (Fsp3) is 0.273. The number of ether oxygens (including phenoxy) is 2. The quantitative estimate of drug-likeness (QED) is 0.782. The van der Waals surface area contributed by atoms with Gasteiger partial charge in [0.15, 0.2) is 17.3 Å². The number of nitrogens with one attached hydrogen (secondary N) is 1. The number of aromatic carboxylic acids is 1. The van der Waals surface area contributed by atoms with Crippen LogP contribution in [-0.4, -0.2) is 45.4 Å². The first kappa shape index (κ1) is 12.8. The van der Waals surface area contributed by atoms with E-state index in [4.69, 9.17) is 14.6 Å². The van der Waals surface area contributed by atoms with Crippen LogP contribution in [0.3, 0.4) is 0 Å². The summed E-state index contributed by atoms with van der Waals surface area (Å²) < 4.78 is 10.6. The van der Waals surface area contributed by atoms with Crippen molar-refractivity contribution in [3.63, 3.8) is 0 Å². The molecule has 0 saturated carbocycles. The number of aromatic nitrogens is 4. The van der Waals surface area contributed by atoms with E-state index in [1.807, 2.05) is 0 Å². The zero-order valence-electron chi connectivity index (χ0n) is 10.2. The van der Waals surface area contributed by atoms with E-state index in [-0.39, 0.29) is 5.56 Å². The van der Waals surface area contributed by atoms with E-state index in [0.717, 1.165) is 0 Å². The minimum Gasteiger partial charge on any atom is -0.493 e. The number of nitrogens with zero attached hydrogens (tertiary/aromatic N) is 3. The maximum absolute atomic E-state index is 10.8. The molecule has 100 valence electrons. The number of aromatic amines is 1. The first-order chi connectivity index (χ1) is 9.20. The first-order valence-corrected chi connectivity index (χ1v) is 5.47. The van der Waals surface area contributed by atoms with Gasteiger partial charge >= 0.3 is 5.97 Å². The van der Waals surface area contributed by atoms with Gasteiger partial charge in [-0.25, -0.2) is 9.89 Å². The maximum Gasteiger partial charge on any atom is 0.335 e. The summed E-state index contributed by atoms with van der Waals surface area (Å²) in [5.74, 6) is 0.439. The Morgan fingerprint density at radius 2 is 2.26 bits per heavy atom. The van der Waals surface area contributed by atoms with Gasteiger partial charge in [0.25, 0.3) is 0 Å². The molecule has 0 unspecified atom stereocenters. The molecule has 1 aromatic heterocycles. The molecule has 0 bridgehead atoms. The normalized spacial score (nSPS) is 10.2. The van der Waals surface area contributed by atoms with Crippen LogP contribution in [0.4, 0.5) is 0 Å². The SMILES string of the molecule is COc1cc(C(=O)O)ccc1OCCc1nnn[nH]1. The fourth-order valence-electron chi connectivity index (χ4n) is 1.46. The second-order valence-electron chi connectivity index (χ2n) is 3.62. The number of carboxylic acids is 1. The number of carbonyl (C=O) groups is 1. The molecule has 0 spiro atoms. The Kier molecular flexibility index (Phi) is 3.91. The Bertz CT molecular complexity index is 556. The van der Waals surface area contributed by atoms with Crippen LogP contribution in [0.15, 0.2) is 18.2 Å². The predicted molar refractivity (Wildman–Crippen MR) is 63.3 cm³/mol. The number of tetrazole rings is 1. The smallest absolute Gasteiger partial charge is 0.335 e. The molecule has 1 heterocycles. The molecule has 8 heteroatoms. The van der Waals surface area contributed by atoms with Crippen LogP contribution in [0.1, 0.15) is 16.2 Å². The third-order valence-electron chi connectivity index (χ3n) is 2.40. The molecule has 0 atom stereocenters. The van der Waals surface area contributed by atoms with Crippen molar-refractivity contribution in [3.8, 4) is 11.5 Å². The van der Waals surface area contributed by atoms with Crippen molar-refractivity contribution in [1.82, 2.24) is 20.6 Å². The highest BCUT2D eigenvalue weighted by atomic mass is 16.5. The maximum atomic E-state index is 10.8. The largest absolute Gasteiger partial charge is 0.493 e. The van der Waals surface area contributed by atoms with Crippen LogP contribution in [0.5, 0.6) is 11.5 Å². The van der Waals surface area contributed by atoms with Gasteiger partial charge in [-0.15, -0.1) is 5.10 Å². The number of carboxylic acid groups (broad SMARTS) is 1. The molecular formula is C11H12N4O4. The average molecular weight is 264 g/mol. The molecule has 0 saturated heterocycles. The summed E-state index contributed by atoms with van der Waals surface area (Å²) in [5.41, 5.74) is 0.142. The predicted octanol–water partition coefficient (Wildman–Crippen LogP) is 0.528. The van der Waals surface area contributed by atoms with E-state index >= 15 is 0 Å². The molecule has 2 N–H and O–H groups in total. The van der Waals surface area contributed by atoms with Crippen molar-refractivity contribution < 1.29 is 19.4 Å². The molecule has 0 aliphatic carbocycles. The van der Waals surface area contributed by atoms with Gasteiger partial charge in [-0.2, -0.15) is 0 Å². The summed E-state index contributed by atoms with van der Waals surface area (Å²) in [4.78, 5) is 10.8. The molecule has 0 amide bonds. The average Bonchev–Trinajstić information content (AvgIpc) is 2.92. The minimum atomic E-state index is -1.02. The standard InChI is InChI=1S/C11H12N4O4/c1-18-9-6-7(11(16)17)2-3-8(9)19-5-4-10-12-14-15-13-10/h2-3,6H,4-5H2,1H3,(H,16,17)(H,12,13,14,15). The van der Waals surface area contributed by atoms with E-state index in [1.165, 1.54) is 19.2 Å². The van der Waals surface area contributed by atoms with Gasteiger partial charge in [0.2, 0.25) is 0 Å². The topological polar surface area (TPSA) is 110 Å². The number of H-pyrrole nitrogens is 1. The van der Waals surface area contributed by atoms with Crippen molar-refractivity contribution in [3.05, 3.63) is 29.6 Å². The molecule has 0 aliphatic rings. The van der Waals surface area contributed by atoms with Crippen LogP contribution in [0, 0.1) is 0 Å². The highest BCUT2D eigenvalue weighted by Gasteiger charge is 2.10. The zero-order valence-corrected chi connectivity index (χ0v) is 10.2. The summed E-state index contributed by atoms with van der Waals surface area (Å²) in [5, 5.41) is 22.1. The molecular weight excluding hydrogens is 252 g/mol. The van der Waals surface area contributed by atoms with Gasteiger partial charge in [-0.1, -0.05) is 0 Å². The lowest BCUT2D eigenvalue weighted by Crippen LogP contribution is -2.05. The summed E-state index contributed by atoms with van der Waals surface area (Å²) >= 11 is 0. The third-order valence-corrected chi connectivity index (χ3v) is 2.40. The number of hydrogen-bond acceptors (Lipinski definition) is 6. The van der Waals surface area contributed by atoms with Crippen molar-refractivity contribution in [2.45, 2.75) is 6.42 Å². The highest BCUT2D eigenvalue weighted by Crippen LogP contribution is 2.28. The number of rotatable bonds is 6. The Hall–Kier alpha value is -2.64. The lowest BCUT2D eigenvalue weighted by molar-refractivity contribution is 0.0696. The number of methoxy groups -OCH3 is 1. The van der Waals surface area contributed by atoms with Crippen molar-refractivity contribution in [2.24, 2.45) is 0 Å². The van der Waals surface area contributed by atoms with E-state index in [1.54, 1.807) is 6.07 Å².